The highest BCUT2D eigenvalue weighted by Gasteiger charge is 2.11. The second-order valence-electron chi connectivity index (χ2n) is 5.19. The molecule has 0 aliphatic rings. The van der Waals surface area contributed by atoms with E-state index in [1.165, 1.54) is 0 Å². The van der Waals surface area contributed by atoms with Gasteiger partial charge in [0.05, 0.1) is 5.02 Å². The molecular formula is C16H25ClN2O3. The fourth-order valence-electron chi connectivity index (χ4n) is 1.75. The van der Waals surface area contributed by atoms with E-state index in [-0.39, 0.29) is 12.5 Å². The SMILES string of the molecule is CCNC(=O)c1ccc(OC[C@H](O)CN[C@H](C)CC)c(Cl)c1. The van der Waals surface area contributed by atoms with Crippen molar-refractivity contribution < 1.29 is 14.6 Å². The van der Waals surface area contributed by atoms with Gasteiger partial charge in [0, 0.05) is 24.7 Å². The molecule has 0 bridgehead atoms. The van der Waals surface area contributed by atoms with Gasteiger partial charge >= 0.3 is 0 Å². The highest BCUT2D eigenvalue weighted by molar-refractivity contribution is 6.32. The second kappa shape index (κ2) is 9.66. The molecule has 0 spiro atoms. The fourth-order valence-corrected chi connectivity index (χ4v) is 1.98. The van der Waals surface area contributed by atoms with Gasteiger partial charge in [0.15, 0.2) is 0 Å². The second-order valence-corrected chi connectivity index (χ2v) is 5.59. The number of carbonyl (C=O) groups excluding carboxylic acids is 1. The first-order valence-electron chi connectivity index (χ1n) is 7.59. The zero-order valence-electron chi connectivity index (χ0n) is 13.4. The van der Waals surface area contributed by atoms with Gasteiger partial charge in [-0.05, 0) is 38.5 Å². The van der Waals surface area contributed by atoms with Gasteiger partial charge in [0.25, 0.3) is 5.91 Å². The molecule has 6 heteroatoms. The number of hydrogen-bond acceptors (Lipinski definition) is 4. The van der Waals surface area contributed by atoms with Crippen LogP contribution in [0.25, 0.3) is 0 Å². The van der Waals surface area contributed by atoms with E-state index >= 15 is 0 Å². The van der Waals surface area contributed by atoms with Crippen molar-refractivity contribution in [1.29, 1.82) is 0 Å². The lowest BCUT2D eigenvalue weighted by Gasteiger charge is -2.17. The summed E-state index contributed by atoms with van der Waals surface area (Å²) in [7, 11) is 0. The maximum Gasteiger partial charge on any atom is 0.251 e. The Morgan fingerprint density at radius 2 is 2.14 bits per heavy atom. The minimum atomic E-state index is -0.617. The summed E-state index contributed by atoms with van der Waals surface area (Å²) in [5, 5.41) is 16.1. The molecule has 0 aliphatic carbocycles. The van der Waals surface area contributed by atoms with E-state index in [0.29, 0.717) is 35.5 Å². The van der Waals surface area contributed by atoms with Gasteiger partial charge in [-0.3, -0.25) is 4.79 Å². The summed E-state index contributed by atoms with van der Waals surface area (Å²) < 4.78 is 5.51. The molecule has 0 heterocycles. The van der Waals surface area contributed by atoms with E-state index in [1.54, 1.807) is 18.2 Å². The molecule has 0 radical (unpaired) electrons. The van der Waals surface area contributed by atoms with Crippen molar-refractivity contribution in [2.24, 2.45) is 0 Å². The predicted molar refractivity (Wildman–Crippen MR) is 88.7 cm³/mol. The Balaban J connectivity index is 2.51. The lowest BCUT2D eigenvalue weighted by atomic mass is 10.2. The summed E-state index contributed by atoms with van der Waals surface area (Å²) in [5.74, 6) is 0.283. The summed E-state index contributed by atoms with van der Waals surface area (Å²) in [6, 6.07) is 5.21. The number of rotatable bonds is 9. The molecule has 3 N–H and O–H groups in total. The highest BCUT2D eigenvalue weighted by atomic mass is 35.5. The molecule has 0 fully saturated rings. The number of nitrogens with one attached hydrogen (secondary N) is 2. The van der Waals surface area contributed by atoms with Gasteiger partial charge < -0.3 is 20.5 Å². The standard InChI is InChI=1S/C16H25ClN2O3/c1-4-11(3)19-9-13(20)10-22-15-7-6-12(8-14(15)17)16(21)18-5-2/h6-8,11,13,19-20H,4-5,9-10H2,1-3H3,(H,18,21)/t11-,13-/m1/s1. The Bertz CT molecular complexity index is 482. The average molecular weight is 329 g/mol. The normalized spacial score (nSPS) is 13.5. The number of benzene rings is 1. The van der Waals surface area contributed by atoms with Crippen LogP contribution >= 0.6 is 11.6 Å². The monoisotopic (exact) mass is 328 g/mol. The van der Waals surface area contributed by atoms with Gasteiger partial charge in [0.2, 0.25) is 0 Å². The summed E-state index contributed by atoms with van der Waals surface area (Å²) in [4.78, 5) is 11.7. The van der Waals surface area contributed by atoms with Crippen LogP contribution < -0.4 is 15.4 Å². The molecule has 1 aromatic rings. The zero-order valence-corrected chi connectivity index (χ0v) is 14.1. The van der Waals surface area contributed by atoms with Crippen LogP contribution in [0.2, 0.25) is 5.02 Å². The van der Waals surface area contributed by atoms with Crippen LogP contribution in [0.5, 0.6) is 5.75 Å². The molecule has 22 heavy (non-hydrogen) atoms. The lowest BCUT2D eigenvalue weighted by molar-refractivity contribution is 0.0954. The van der Waals surface area contributed by atoms with Crippen LogP contribution in [0.4, 0.5) is 0 Å². The third-order valence-corrected chi connectivity index (χ3v) is 3.57. The summed E-state index contributed by atoms with van der Waals surface area (Å²) >= 11 is 6.10. The molecular weight excluding hydrogens is 304 g/mol. The number of hydrogen-bond donors (Lipinski definition) is 3. The Hall–Kier alpha value is -1.30. The molecule has 0 aromatic heterocycles. The first-order chi connectivity index (χ1) is 10.5. The van der Waals surface area contributed by atoms with Crippen molar-refractivity contribution in [3.8, 4) is 5.75 Å². The van der Waals surface area contributed by atoms with Gasteiger partial charge in [-0.2, -0.15) is 0 Å². The minimum Gasteiger partial charge on any atom is -0.489 e. The topological polar surface area (TPSA) is 70.6 Å². The molecule has 1 amide bonds. The molecule has 5 nitrogen and oxygen atoms in total. The summed E-state index contributed by atoms with van der Waals surface area (Å²) in [5.41, 5.74) is 0.484. The number of amides is 1. The Morgan fingerprint density at radius 3 is 2.73 bits per heavy atom. The molecule has 0 aliphatic heterocycles. The molecule has 0 saturated heterocycles. The van der Waals surface area contributed by atoms with Gasteiger partial charge in [-0.15, -0.1) is 0 Å². The molecule has 2 atom stereocenters. The van der Waals surface area contributed by atoms with E-state index < -0.39 is 6.10 Å². The van der Waals surface area contributed by atoms with Gasteiger partial charge in [-0.1, -0.05) is 18.5 Å². The quantitative estimate of drug-likeness (QED) is 0.650. The van der Waals surface area contributed by atoms with Crippen LogP contribution in [-0.4, -0.2) is 42.9 Å². The van der Waals surface area contributed by atoms with Crippen molar-refractivity contribution in [2.45, 2.75) is 39.3 Å². The van der Waals surface area contributed by atoms with Gasteiger partial charge in [-0.25, -0.2) is 0 Å². The van der Waals surface area contributed by atoms with Crippen LogP contribution in [0.1, 0.15) is 37.6 Å². The van der Waals surface area contributed by atoms with E-state index in [9.17, 15) is 9.90 Å². The third-order valence-electron chi connectivity index (χ3n) is 3.28. The highest BCUT2D eigenvalue weighted by Crippen LogP contribution is 2.25. The molecule has 1 rings (SSSR count). The fraction of sp³-hybridized carbons (Fsp3) is 0.562. The molecule has 0 unspecified atom stereocenters. The number of aliphatic hydroxyl groups excluding tert-OH is 1. The van der Waals surface area contributed by atoms with E-state index in [1.807, 2.05) is 6.92 Å². The van der Waals surface area contributed by atoms with E-state index in [0.717, 1.165) is 6.42 Å². The Morgan fingerprint density at radius 1 is 1.41 bits per heavy atom. The summed E-state index contributed by atoms with van der Waals surface area (Å²) in [6.45, 7) is 7.16. The lowest BCUT2D eigenvalue weighted by Crippen LogP contribution is -2.36. The van der Waals surface area contributed by atoms with Crippen molar-refractivity contribution >= 4 is 17.5 Å². The largest absolute Gasteiger partial charge is 0.489 e. The number of ether oxygens (including phenoxy) is 1. The first kappa shape index (κ1) is 18.7. The Kier molecular flexibility index (Phi) is 8.24. The van der Waals surface area contributed by atoms with Crippen LogP contribution in [-0.2, 0) is 0 Å². The number of halogens is 1. The van der Waals surface area contributed by atoms with Gasteiger partial charge in [0.1, 0.15) is 18.5 Å². The minimum absolute atomic E-state index is 0.143. The maximum absolute atomic E-state index is 11.7. The van der Waals surface area contributed by atoms with Crippen molar-refractivity contribution in [1.82, 2.24) is 10.6 Å². The van der Waals surface area contributed by atoms with Crippen molar-refractivity contribution in [2.75, 3.05) is 19.7 Å². The van der Waals surface area contributed by atoms with Crippen LogP contribution in [0.15, 0.2) is 18.2 Å². The smallest absolute Gasteiger partial charge is 0.251 e. The number of carbonyl (C=O) groups is 1. The predicted octanol–water partition coefficient (Wildman–Crippen LogP) is 2.22. The number of aliphatic hydroxyl groups is 1. The molecule has 1 aromatic carbocycles. The van der Waals surface area contributed by atoms with Crippen molar-refractivity contribution in [3.05, 3.63) is 28.8 Å². The summed E-state index contributed by atoms with van der Waals surface area (Å²) in [6.07, 6.45) is 0.383. The average Bonchev–Trinajstić information content (AvgIpc) is 2.51. The van der Waals surface area contributed by atoms with Crippen LogP contribution in [0.3, 0.4) is 0 Å². The Labute approximate surface area is 137 Å². The first-order valence-corrected chi connectivity index (χ1v) is 7.97. The van der Waals surface area contributed by atoms with E-state index in [2.05, 4.69) is 24.5 Å². The molecule has 124 valence electrons. The zero-order chi connectivity index (χ0) is 16.5. The van der Waals surface area contributed by atoms with E-state index in [4.69, 9.17) is 16.3 Å². The van der Waals surface area contributed by atoms with Crippen molar-refractivity contribution in [3.63, 3.8) is 0 Å². The van der Waals surface area contributed by atoms with Crippen LogP contribution in [0, 0.1) is 0 Å². The molecule has 0 saturated carbocycles. The third kappa shape index (κ3) is 6.22. The maximum atomic E-state index is 11.7.